The van der Waals surface area contributed by atoms with Gasteiger partial charge < -0.3 is 4.90 Å². The van der Waals surface area contributed by atoms with Crippen molar-refractivity contribution in [3.63, 3.8) is 0 Å². The standard InChI is InChI=1S/C22H26ClN3O/c1-22(19-6-4-3-5-7-20(19)24(2)21(22)27)26-14-12-25(13-15-26)16-17-8-10-18(23)11-9-17/h3,5-11H,4,12-16H2,1-2H3. The lowest BCUT2D eigenvalue weighted by atomic mass is 9.89. The highest BCUT2D eigenvalue weighted by atomic mass is 35.5. The Morgan fingerprint density at radius 1 is 1.11 bits per heavy atom. The second-order valence-corrected chi connectivity index (χ2v) is 8.10. The molecule has 142 valence electrons. The number of amides is 1. The molecule has 1 aliphatic carbocycles. The highest BCUT2D eigenvalue weighted by Gasteiger charge is 2.52. The number of benzene rings is 1. The Kier molecular flexibility index (Phi) is 4.97. The van der Waals surface area contributed by atoms with E-state index in [9.17, 15) is 4.79 Å². The number of likely N-dealkylation sites (N-methyl/N-ethyl adjacent to an activating group) is 1. The first-order valence-corrected chi connectivity index (χ1v) is 9.96. The van der Waals surface area contributed by atoms with Crippen LogP contribution >= 0.6 is 11.6 Å². The number of hydrogen-bond donors (Lipinski definition) is 0. The number of fused-ring (bicyclic) bond motifs is 1. The molecular formula is C22H26ClN3O. The molecule has 1 aromatic rings. The van der Waals surface area contributed by atoms with Crippen LogP contribution in [0.1, 0.15) is 18.9 Å². The van der Waals surface area contributed by atoms with Gasteiger partial charge in [-0.25, -0.2) is 0 Å². The third-order valence-electron chi connectivity index (χ3n) is 6.06. The Bertz CT molecular complexity index is 818. The van der Waals surface area contributed by atoms with Gasteiger partial charge in [0.1, 0.15) is 5.54 Å². The maximum atomic E-state index is 13.2. The Morgan fingerprint density at radius 3 is 2.52 bits per heavy atom. The van der Waals surface area contributed by atoms with Gasteiger partial charge in [-0.05, 0) is 37.1 Å². The van der Waals surface area contributed by atoms with Crippen LogP contribution in [-0.2, 0) is 11.3 Å². The van der Waals surface area contributed by atoms with Crippen LogP contribution in [0.25, 0.3) is 0 Å². The van der Waals surface area contributed by atoms with Gasteiger partial charge >= 0.3 is 0 Å². The Labute approximate surface area is 166 Å². The Balaban J connectivity index is 1.48. The number of piperazine rings is 1. The fourth-order valence-corrected chi connectivity index (χ4v) is 4.54. The highest BCUT2D eigenvalue weighted by Crippen LogP contribution is 2.41. The Morgan fingerprint density at radius 2 is 1.81 bits per heavy atom. The molecule has 2 saturated heterocycles. The van der Waals surface area contributed by atoms with Crippen LogP contribution in [0.15, 0.2) is 59.8 Å². The summed E-state index contributed by atoms with van der Waals surface area (Å²) in [4.78, 5) is 19.8. The van der Waals surface area contributed by atoms with Crippen LogP contribution in [-0.4, -0.2) is 59.4 Å². The van der Waals surface area contributed by atoms with Gasteiger partial charge in [0.05, 0.1) is 0 Å². The average molecular weight is 384 g/mol. The number of rotatable bonds is 3. The van der Waals surface area contributed by atoms with Crippen molar-refractivity contribution in [1.82, 2.24) is 14.7 Å². The van der Waals surface area contributed by atoms with Crippen molar-refractivity contribution in [2.75, 3.05) is 33.2 Å². The van der Waals surface area contributed by atoms with Gasteiger partial charge in [0, 0.05) is 56.1 Å². The molecule has 2 aliphatic heterocycles. The SMILES string of the molecule is CN1C(=O)C(C)(N2CCN(Cc3ccc(Cl)cc3)CC2)C2=CCC=CC=C21. The molecule has 0 N–H and O–H groups in total. The highest BCUT2D eigenvalue weighted by molar-refractivity contribution is 6.30. The van der Waals surface area contributed by atoms with Gasteiger partial charge in [-0.15, -0.1) is 0 Å². The van der Waals surface area contributed by atoms with E-state index >= 15 is 0 Å². The number of nitrogens with zero attached hydrogens (tertiary/aromatic N) is 3. The van der Waals surface area contributed by atoms with E-state index in [0.717, 1.165) is 55.4 Å². The summed E-state index contributed by atoms with van der Waals surface area (Å²) in [6.45, 7) is 6.72. The van der Waals surface area contributed by atoms with Gasteiger partial charge in [0.25, 0.3) is 5.91 Å². The van der Waals surface area contributed by atoms with Crippen LogP contribution in [0.4, 0.5) is 0 Å². The molecule has 27 heavy (non-hydrogen) atoms. The van der Waals surface area contributed by atoms with Crippen LogP contribution in [0, 0.1) is 0 Å². The minimum absolute atomic E-state index is 0.182. The maximum Gasteiger partial charge on any atom is 0.251 e. The zero-order valence-corrected chi connectivity index (χ0v) is 16.7. The van der Waals surface area contributed by atoms with Gasteiger partial charge in [-0.1, -0.05) is 42.0 Å². The summed E-state index contributed by atoms with van der Waals surface area (Å²) in [7, 11) is 1.89. The first kappa shape index (κ1) is 18.5. The van der Waals surface area contributed by atoms with Crippen molar-refractivity contribution in [3.05, 3.63) is 70.4 Å². The maximum absolute atomic E-state index is 13.2. The molecule has 4 nitrogen and oxygen atoms in total. The zero-order valence-electron chi connectivity index (χ0n) is 16.0. The van der Waals surface area contributed by atoms with Crippen LogP contribution in [0.2, 0.25) is 5.02 Å². The molecule has 3 aliphatic rings. The number of allylic oxidation sites excluding steroid dienone is 4. The fourth-order valence-electron chi connectivity index (χ4n) is 4.42. The Hall–Kier alpha value is -1.88. The number of halogens is 1. The van der Waals surface area contributed by atoms with Crippen LogP contribution in [0.5, 0.6) is 0 Å². The molecule has 2 fully saturated rings. The van der Waals surface area contributed by atoms with Crippen molar-refractivity contribution < 1.29 is 4.79 Å². The predicted octanol–water partition coefficient (Wildman–Crippen LogP) is 3.46. The number of carbonyl (C=O) groups excluding carboxylic acids is 1. The summed E-state index contributed by atoms with van der Waals surface area (Å²) in [6, 6.07) is 8.07. The minimum atomic E-state index is -0.557. The summed E-state index contributed by atoms with van der Waals surface area (Å²) in [6.07, 6.45) is 9.36. The molecule has 1 unspecified atom stereocenters. The summed E-state index contributed by atoms with van der Waals surface area (Å²) >= 11 is 5.98. The average Bonchev–Trinajstić information content (AvgIpc) is 2.87. The molecule has 1 atom stereocenters. The third kappa shape index (κ3) is 3.27. The van der Waals surface area contributed by atoms with E-state index in [1.54, 1.807) is 0 Å². The molecule has 0 spiro atoms. The molecule has 0 saturated carbocycles. The van der Waals surface area contributed by atoms with E-state index in [4.69, 9.17) is 11.6 Å². The molecule has 1 amide bonds. The second kappa shape index (κ2) is 7.27. The van der Waals surface area contributed by atoms with Gasteiger partial charge in [0.15, 0.2) is 0 Å². The molecule has 4 rings (SSSR count). The van der Waals surface area contributed by atoms with E-state index in [1.807, 2.05) is 24.1 Å². The lowest BCUT2D eigenvalue weighted by Crippen LogP contribution is -2.59. The summed E-state index contributed by atoms with van der Waals surface area (Å²) in [5, 5.41) is 0.774. The molecule has 0 bridgehead atoms. The van der Waals surface area contributed by atoms with Gasteiger partial charge in [-0.2, -0.15) is 0 Å². The van der Waals surface area contributed by atoms with E-state index < -0.39 is 5.54 Å². The fraction of sp³-hybridized carbons (Fsp3) is 0.409. The molecule has 0 aromatic heterocycles. The third-order valence-corrected chi connectivity index (χ3v) is 6.31. The number of hydrogen-bond acceptors (Lipinski definition) is 3. The van der Waals surface area contributed by atoms with Crippen molar-refractivity contribution >= 4 is 17.5 Å². The molecule has 2 heterocycles. The summed E-state index contributed by atoms with van der Waals surface area (Å²) in [5.41, 5.74) is 2.92. The largest absolute Gasteiger partial charge is 0.313 e. The molecule has 1 aromatic carbocycles. The monoisotopic (exact) mass is 383 g/mol. The number of likely N-dealkylation sites (tertiary alicyclic amines) is 1. The smallest absolute Gasteiger partial charge is 0.251 e. The van der Waals surface area contributed by atoms with Gasteiger partial charge in [0.2, 0.25) is 0 Å². The van der Waals surface area contributed by atoms with E-state index in [-0.39, 0.29) is 5.91 Å². The van der Waals surface area contributed by atoms with Crippen molar-refractivity contribution in [2.24, 2.45) is 0 Å². The molecule has 5 heteroatoms. The quantitative estimate of drug-likeness (QED) is 0.799. The number of carbonyl (C=O) groups is 1. The lowest BCUT2D eigenvalue weighted by molar-refractivity contribution is -0.135. The zero-order chi connectivity index (χ0) is 19.0. The summed E-state index contributed by atoms with van der Waals surface area (Å²) in [5.74, 6) is 0.182. The van der Waals surface area contributed by atoms with Crippen LogP contribution in [0.3, 0.4) is 0 Å². The van der Waals surface area contributed by atoms with E-state index in [1.165, 1.54) is 5.56 Å². The summed E-state index contributed by atoms with van der Waals surface area (Å²) < 4.78 is 0. The van der Waals surface area contributed by atoms with Crippen molar-refractivity contribution in [3.8, 4) is 0 Å². The van der Waals surface area contributed by atoms with Crippen LogP contribution < -0.4 is 0 Å². The first-order valence-electron chi connectivity index (χ1n) is 9.58. The topological polar surface area (TPSA) is 26.8 Å². The lowest BCUT2D eigenvalue weighted by Gasteiger charge is -2.43. The minimum Gasteiger partial charge on any atom is -0.313 e. The molecule has 0 radical (unpaired) electrons. The first-order chi connectivity index (χ1) is 13.0. The second-order valence-electron chi connectivity index (χ2n) is 7.66. The van der Waals surface area contributed by atoms with Crippen molar-refractivity contribution in [2.45, 2.75) is 25.4 Å². The van der Waals surface area contributed by atoms with Gasteiger partial charge in [-0.3, -0.25) is 14.6 Å². The van der Waals surface area contributed by atoms with E-state index in [0.29, 0.717) is 0 Å². The van der Waals surface area contributed by atoms with E-state index in [2.05, 4.69) is 53.2 Å². The van der Waals surface area contributed by atoms with Crippen molar-refractivity contribution in [1.29, 1.82) is 0 Å². The predicted molar refractivity (Wildman–Crippen MR) is 109 cm³/mol. The normalized spacial score (nSPS) is 26.6. The molecular weight excluding hydrogens is 358 g/mol.